The van der Waals surface area contributed by atoms with E-state index in [0.29, 0.717) is 11.8 Å². The molecule has 0 amide bonds. The molecular formula is C15H27N. The first-order chi connectivity index (χ1) is 7.43. The van der Waals surface area contributed by atoms with Gasteiger partial charge in [-0.05, 0) is 29.0 Å². The molecule has 0 radical (unpaired) electrons. The molecule has 0 fully saturated rings. The van der Waals surface area contributed by atoms with Crippen molar-refractivity contribution in [3.63, 3.8) is 0 Å². The third-order valence-electron chi connectivity index (χ3n) is 2.40. The van der Waals surface area contributed by atoms with E-state index < -0.39 is 0 Å². The lowest BCUT2D eigenvalue weighted by Crippen LogP contribution is -1.98. The van der Waals surface area contributed by atoms with Crippen molar-refractivity contribution in [1.29, 1.82) is 0 Å². The van der Waals surface area contributed by atoms with Gasteiger partial charge in [0.1, 0.15) is 0 Å². The van der Waals surface area contributed by atoms with E-state index in [1.165, 1.54) is 17.5 Å². The van der Waals surface area contributed by atoms with E-state index in [1.54, 1.807) is 0 Å². The summed E-state index contributed by atoms with van der Waals surface area (Å²) in [5.74, 6) is 1.09. The molecule has 0 heterocycles. The van der Waals surface area contributed by atoms with Crippen LogP contribution in [0.4, 0.5) is 5.69 Å². The fourth-order valence-corrected chi connectivity index (χ4v) is 1.45. The molecule has 0 saturated carbocycles. The van der Waals surface area contributed by atoms with Crippen molar-refractivity contribution in [2.75, 3.05) is 5.73 Å². The quantitative estimate of drug-likeness (QED) is 0.704. The predicted octanol–water partition coefficient (Wildman–Crippen LogP) is 4.93. The lowest BCUT2D eigenvalue weighted by Gasteiger charge is -2.13. The largest absolute Gasteiger partial charge is 0.398 e. The Morgan fingerprint density at radius 3 is 1.88 bits per heavy atom. The Hall–Kier alpha value is -0.980. The van der Waals surface area contributed by atoms with Crippen LogP contribution in [0.5, 0.6) is 0 Å². The molecular weight excluding hydrogens is 194 g/mol. The van der Waals surface area contributed by atoms with Crippen LogP contribution in [0.25, 0.3) is 0 Å². The predicted molar refractivity (Wildman–Crippen MR) is 75.0 cm³/mol. The van der Waals surface area contributed by atoms with Gasteiger partial charge in [-0.15, -0.1) is 0 Å². The molecule has 1 heteroatoms. The van der Waals surface area contributed by atoms with E-state index in [1.807, 2.05) is 6.07 Å². The monoisotopic (exact) mass is 221 g/mol. The number of hydrogen-bond acceptors (Lipinski definition) is 1. The summed E-state index contributed by atoms with van der Waals surface area (Å²) in [5.41, 5.74) is 9.45. The van der Waals surface area contributed by atoms with Gasteiger partial charge in [0, 0.05) is 5.69 Å². The summed E-state index contributed by atoms with van der Waals surface area (Å²) in [6.45, 7) is 13.0. The molecule has 0 saturated heterocycles. The van der Waals surface area contributed by atoms with Crippen LogP contribution in [0.3, 0.4) is 0 Å². The van der Waals surface area contributed by atoms with Gasteiger partial charge in [-0.1, -0.05) is 60.1 Å². The van der Waals surface area contributed by atoms with Gasteiger partial charge in [0.15, 0.2) is 0 Å². The van der Waals surface area contributed by atoms with Gasteiger partial charge in [-0.3, -0.25) is 0 Å². The number of nitrogen functional groups attached to an aromatic ring is 1. The topological polar surface area (TPSA) is 26.0 Å². The highest BCUT2D eigenvalue weighted by atomic mass is 14.6. The minimum Gasteiger partial charge on any atom is -0.398 e. The first-order valence-corrected chi connectivity index (χ1v) is 6.33. The Balaban J connectivity index is 0.000000673. The van der Waals surface area contributed by atoms with Crippen LogP contribution in [-0.2, 0) is 0 Å². The number of anilines is 1. The molecule has 0 aliphatic heterocycles. The summed E-state index contributed by atoms with van der Waals surface area (Å²) < 4.78 is 0. The summed E-state index contributed by atoms with van der Waals surface area (Å²) >= 11 is 0. The summed E-state index contributed by atoms with van der Waals surface area (Å²) in [5, 5.41) is 0. The maximum atomic E-state index is 5.89. The summed E-state index contributed by atoms with van der Waals surface area (Å²) in [7, 11) is 0. The van der Waals surface area contributed by atoms with Gasteiger partial charge < -0.3 is 5.73 Å². The normalized spacial score (nSPS) is 10.2. The average molecular weight is 221 g/mol. The Bertz CT molecular complexity index is 300. The van der Waals surface area contributed by atoms with Crippen LogP contribution in [0, 0.1) is 0 Å². The molecule has 0 aromatic heterocycles. The van der Waals surface area contributed by atoms with Crippen molar-refractivity contribution in [1.82, 2.24) is 0 Å². The highest BCUT2D eigenvalue weighted by molar-refractivity contribution is 5.50. The zero-order valence-electron chi connectivity index (χ0n) is 11.7. The van der Waals surface area contributed by atoms with Gasteiger partial charge in [-0.25, -0.2) is 0 Å². The van der Waals surface area contributed by atoms with Gasteiger partial charge in [-0.2, -0.15) is 0 Å². The van der Waals surface area contributed by atoms with Crippen LogP contribution in [0.1, 0.15) is 70.9 Å². The minimum atomic E-state index is 0.513. The first-order valence-electron chi connectivity index (χ1n) is 6.33. The average Bonchev–Trinajstić information content (AvgIpc) is 2.18. The fraction of sp³-hybridized carbons (Fsp3) is 0.600. The molecule has 1 aromatic carbocycles. The second kappa shape index (κ2) is 7.32. The summed E-state index contributed by atoms with van der Waals surface area (Å²) in [6.07, 6.45) is 1.25. The molecule has 1 rings (SSSR count). The molecule has 0 aliphatic carbocycles. The SMILES string of the molecule is CC(C)c1ccc(N)c(C(C)C)c1.CCC. The molecule has 0 unspecified atom stereocenters. The molecule has 0 bridgehead atoms. The molecule has 1 nitrogen and oxygen atoms in total. The van der Waals surface area contributed by atoms with E-state index in [4.69, 9.17) is 5.73 Å². The Morgan fingerprint density at radius 1 is 1.00 bits per heavy atom. The highest BCUT2D eigenvalue weighted by Crippen LogP contribution is 2.25. The number of benzene rings is 1. The molecule has 1 aromatic rings. The van der Waals surface area contributed by atoms with Crippen molar-refractivity contribution >= 4 is 5.69 Å². The van der Waals surface area contributed by atoms with E-state index in [2.05, 4.69) is 53.7 Å². The standard InChI is InChI=1S/C12H19N.C3H8/c1-8(2)10-5-6-12(13)11(7-10)9(3)4;1-3-2/h5-9H,13H2,1-4H3;3H2,1-2H3. The Labute approximate surface area is 101 Å². The van der Waals surface area contributed by atoms with Gasteiger partial charge >= 0.3 is 0 Å². The third kappa shape index (κ3) is 4.69. The first kappa shape index (κ1) is 15.0. The minimum absolute atomic E-state index is 0.513. The van der Waals surface area contributed by atoms with E-state index in [9.17, 15) is 0 Å². The van der Waals surface area contributed by atoms with Crippen LogP contribution in [0.2, 0.25) is 0 Å². The number of rotatable bonds is 2. The lowest BCUT2D eigenvalue weighted by atomic mass is 9.94. The van der Waals surface area contributed by atoms with E-state index in [-0.39, 0.29) is 0 Å². The molecule has 16 heavy (non-hydrogen) atoms. The number of nitrogens with two attached hydrogens (primary N) is 1. The van der Waals surface area contributed by atoms with Gasteiger partial charge in [0.2, 0.25) is 0 Å². The molecule has 2 N–H and O–H groups in total. The zero-order valence-corrected chi connectivity index (χ0v) is 11.7. The van der Waals surface area contributed by atoms with Crippen molar-refractivity contribution in [2.45, 2.75) is 59.8 Å². The maximum Gasteiger partial charge on any atom is 0.0349 e. The zero-order chi connectivity index (χ0) is 12.7. The van der Waals surface area contributed by atoms with Crippen LogP contribution in [-0.4, -0.2) is 0 Å². The molecule has 0 atom stereocenters. The Morgan fingerprint density at radius 2 is 1.50 bits per heavy atom. The smallest absolute Gasteiger partial charge is 0.0349 e. The Kier molecular flexibility index (Phi) is 6.87. The molecule has 92 valence electrons. The van der Waals surface area contributed by atoms with Gasteiger partial charge in [0.25, 0.3) is 0 Å². The second-order valence-electron chi connectivity index (χ2n) is 4.90. The highest BCUT2D eigenvalue weighted by Gasteiger charge is 2.06. The van der Waals surface area contributed by atoms with Crippen molar-refractivity contribution in [3.8, 4) is 0 Å². The summed E-state index contributed by atoms with van der Waals surface area (Å²) in [6, 6.07) is 6.36. The lowest BCUT2D eigenvalue weighted by molar-refractivity contribution is 0.836. The van der Waals surface area contributed by atoms with Crippen molar-refractivity contribution < 1.29 is 0 Å². The second-order valence-corrected chi connectivity index (χ2v) is 4.90. The van der Waals surface area contributed by atoms with Crippen LogP contribution < -0.4 is 5.73 Å². The van der Waals surface area contributed by atoms with E-state index in [0.717, 1.165) is 5.69 Å². The maximum absolute atomic E-state index is 5.89. The van der Waals surface area contributed by atoms with Gasteiger partial charge in [0.05, 0.1) is 0 Å². The van der Waals surface area contributed by atoms with Crippen molar-refractivity contribution in [3.05, 3.63) is 29.3 Å². The van der Waals surface area contributed by atoms with Crippen LogP contribution >= 0.6 is 0 Å². The molecule has 0 aliphatic rings. The molecule has 0 spiro atoms. The van der Waals surface area contributed by atoms with Crippen LogP contribution in [0.15, 0.2) is 18.2 Å². The van der Waals surface area contributed by atoms with E-state index >= 15 is 0 Å². The van der Waals surface area contributed by atoms with Crippen molar-refractivity contribution in [2.24, 2.45) is 0 Å². The third-order valence-corrected chi connectivity index (χ3v) is 2.40. The summed E-state index contributed by atoms with van der Waals surface area (Å²) in [4.78, 5) is 0. The number of hydrogen-bond donors (Lipinski definition) is 1. The fourth-order valence-electron chi connectivity index (χ4n) is 1.45.